The molecule has 2 rings (SSSR count). The van der Waals surface area contributed by atoms with Crippen LogP contribution in [0.25, 0.3) is 0 Å². The molecular formula is C18H32N2O. The lowest BCUT2D eigenvalue weighted by molar-refractivity contribution is 0.186. The summed E-state index contributed by atoms with van der Waals surface area (Å²) < 4.78 is 5.46. The lowest BCUT2D eigenvalue weighted by atomic mass is 10.1. The largest absolute Gasteiger partial charge is 0.468 e. The molecule has 0 bridgehead atoms. The van der Waals surface area contributed by atoms with Crippen LogP contribution in [0.5, 0.6) is 0 Å². The molecule has 0 saturated heterocycles. The summed E-state index contributed by atoms with van der Waals surface area (Å²) in [6.45, 7) is 10.3. The minimum atomic E-state index is 0.301. The second kappa shape index (κ2) is 8.60. The Morgan fingerprint density at radius 2 is 2.00 bits per heavy atom. The molecule has 0 radical (unpaired) electrons. The summed E-state index contributed by atoms with van der Waals surface area (Å²) in [4.78, 5) is 2.72. The van der Waals surface area contributed by atoms with Crippen molar-refractivity contribution in [1.29, 1.82) is 0 Å². The molecule has 21 heavy (non-hydrogen) atoms. The van der Waals surface area contributed by atoms with Crippen LogP contribution in [-0.2, 0) is 0 Å². The van der Waals surface area contributed by atoms with Gasteiger partial charge in [-0.15, -0.1) is 0 Å². The van der Waals surface area contributed by atoms with Crippen molar-refractivity contribution in [1.82, 2.24) is 10.2 Å². The van der Waals surface area contributed by atoms with E-state index in [0.29, 0.717) is 6.04 Å². The fourth-order valence-electron chi connectivity index (χ4n) is 3.23. The monoisotopic (exact) mass is 292 g/mol. The number of rotatable bonds is 9. The zero-order chi connectivity index (χ0) is 15.1. The van der Waals surface area contributed by atoms with Crippen LogP contribution < -0.4 is 5.32 Å². The molecular weight excluding hydrogens is 260 g/mol. The van der Waals surface area contributed by atoms with Gasteiger partial charge >= 0.3 is 0 Å². The molecule has 1 unspecified atom stereocenters. The Bertz CT molecular complexity index is 369. The van der Waals surface area contributed by atoms with Gasteiger partial charge in [0.25, 0.3) is 0 Å². The molecule has 3 nitrogen and oxygen atoms in total. The standard InChI is InChI=1S/C18H32N2O/c1-15(2)10-12-20(17-7-4-5-8-17)13-11-19-16(3)18-9-6-14-21-18/h6,9,14-17,19H,4-5,7-8,10-13H2,1-3H3. The van der Waals surface area contributed by atoms with Crippen LogP contribution in [-0.4, -0.2) is 30.6 Å². The first kappa shape index (κ1) is 16.6. The Morgan fingerprint density at radius 1 is 1.24 bits per heavy atom. The smallest absolute Gasteiger partial charge is 0.120 e. The summed E-state index contributed by atoms with van der Waals surface area (Å²) in [6, 6.07) is 5.13. The average Bonchev–Trinajstić information content (AvgIpc) is 3.13. The Hall–Kier alpha value is -0.800. The zero-order valence-corrected chi connectivity index (χ0v) is 14.0. The van der Waals surface area contributed by atoms with E-state index in [1.165, 1.54) is 38.6 Å². The van der Waals surface area contributed by atoms with Crippen molar-refractivity contribution in [2.75, 3.05) is 19.6 Å². The van der Waals surface area contributed by atoms with Gasteiger partial charge in [0.2, 0.25) is 0 Å². The number of hydrogen-bond acceptors (Lipinski definition) is 3. The van der Waals surface area contributed by atoms with Crippen molar-refractivity contribution in [3.8, 4) is 0 Å². The molecule has 3 heteroatoms. The van der Waals surface area contributed by atoms with Gasteiger partial charge in [0.15, 0.2) is 0 Å². The molecule has 120 valence electrons. The number of hydrogen-bond donors (Lipinski definition) is 1. The van der Waals surface area contributed by atoms with Gasteiger partial charge in [-0.1, -0.05) is 26.7 Å². The van der Waals surface area contributed by atoms with Crippen molar-refractivity contribution in [2.24, 2.45) is 5.92 Å². The van der Waals surface area contributed by atoms with E-state index in [2.05, 4.69) is 31.0 Å². The summed E-state index contributed by atoms with van der Waals surface area (Å²) in [7, 11) is 0. The highest BCUT2D eigenvalue weighted by Crippen LogP contribution is 2.24. The van der Waals surface area contributed by atoms with Crippen LogP contribution in [0, 0.1) is 5.92 Å². The normalized spacial score (nSPS) is 18.0. The molecule has 1 fully saturated rings. The Balaban J connectivity index is 1.75. The van der Waals surface area contributed by atoms with E-state index in [-0.39, 0.29) is 0 Å². The maximum absolute atomic E-state index is 5.46. The van der Waals surface area contributed by atoms with Crippen molar-refractivity contribution >= 4 is 0 Å². The SMILES string of the molecule is CC(C)CCN(CCNC(C)c1ccco1)C1CCCC1. The summed E-state index contributed by atoms with van der Waals surface area (Å²) in [5.74, 6) is 1.83. The third-order valence-corrected chi connectivity index (χ3v) is 4.65. The summed E-state index contributed by atoms with van der Waals surface area (Å²) >= 11 is 0. The predicted octanol–water partition coefficient (Wildman–Crippen LogP) is 4.22. The van der Waals surface area contributed by atoms with Gasteiger partial charge in [0.05, 0.1) is 12.3 Å². The highest BCUT2D eigenvalue weighted by molar-refractivity contribution is 5.02. The molecule has 1 aromatic heterocycles. The fraction of sp³-hybridized carbons (Fsp3) is 0.778. The second-order valence-corrected chi connectivity index (χ2v) is 6.85. The van der Waals surface area contributed by atoms with Crippen molar-refractivity contribution in [3.05, 3.63) is 24.2 Å². The predicted molar refractivity (Wildman–Crippen MR) is 88.4 cm³/mol. The maximum atomic E-state index is 5.46. The first-order chi connectivity index (χ1) is 10.2. The molecule has 0 aliphatic heterocycles. The third-order valence-electron chi connectivity index (χ3n) is 4.65. The van der Waals surface area contributed by atoms with Gasteiger partial charge in [-0.3, -0.25) is 4.90 Å². The Morgan fingerprint density at radius 3 is 2.62 bits per heavy atom. The average molecular weight is 292 g/mol. The Labute approximate surface area is 130 Å². The molecule has 1 aliphatic rings. The van der Waals surface area contributed by atoms with Crippen molar-refractivity contribution in [3.63, 3.8) is 0 Å². The van der Waals surface area contributed by atoms with Gasteiger partial charge in [-0.2, -0.15) is 0 Å². The molecule has 0 aromatic carbocycles. The first-order valence-corrected chi connectivity index (χ1v) is 8.67. The van der Waals surface area contributed by atoms with E-state index in [1.807, 2.05) is 12.1 Å². The Kier molecular flexibility index (Phi) is 6.78. The lowest BCUT2D eigenvalue weighted by Crippen LogP contribution is -2.40. The molecule has 1 heterocycles. The van der Waals surface area contributed by atoms with Gasteiger partial charge in [0, 0.05) is 19.1 Å². The lowest BCUT2D eigenvalue weighted by Gasteiger charge is -2.30. The molecule has 0 spiro atoms. The first-order valence-electron chi connectivity index (χ1n) is 8.67. The van der Waals surface area contributed by atoms with E-state index in [0.717, 1.165) is 30.8 Å². The molecule has 1 N–H and O–H groups in total. The van der Waals surface area contributed by atoms with Crippen LogP contribution >= 0.6 is 0 Å². The maximum Gasteiger partial charge on any atom is 0.120 e. The van der Waals surface area contributed by atoms with Crippen LogP contribution in [0.1, 0.15) is 64.7 Å². The van der Waals surface area contributed by atoms with Crippen LogP contribution in [0.3, 0.4) is 0 Å². The van der Waals surface area contributed by atoms with E-state index in [4.69, 9.17) is 4.42 Å². The van der Waals surface area contributed by atoms with Crippen LogP contribution in [0.2, 0.25) is 0 Å². The molecule has 1 saturated carbocycles. The third kappa shape index (κ3) is 5.48. The van der Waals surface area contributed by atoms with E-state index < -0.39 is 0 Å². The molecule has 1 atom stereocenters. The van der Waals surface area contributed by atoms with Gasteiger partial charge in [-0.25, -0.2) is 0 Å². The van der Waals surface area contributed by atoms with Crippen LogP contribution in [0.4, 0.5) is 0 Å². The van der Waals surface area contributed by atoms with Crippen LogP contribution in [0.15, 0.2) is 22.8 Å². The van der Waals surface area contributed by atoms with E-state index in [9.17, 15) is 0 Å². The van der Waals surface area contributed by atoms with Crippen molar-refractivity contribution < 1.29 is 4.42 Å². The summed E-state index contributed by atoms with van der Waals surface area (Å²) in [5.41, 5.74) is 0. The van der Waals surface area contributed by atoms with E-state index >= 15 is 0 Å². The van der Waals surface area contributed by atoms with Gasteiger partial charge < -0.3 is 9.73 Å². The zero-order valence-electron chi connectivity index (χ0n) is 14.0. The highest BCUT2D eigenvalue weighted by atomic mass is 16.3. The quantitative estimate of drug-likeness (QED) is 0.738. The number of furan rings is 1. The molecule has 1 aliphatic carbocycles. The van der Waals surface area contributed by atoms with Gasteiger partial charge in [0.1, 0.15) is 5.76 Å². The summed E-state index contributed by atoms with van der Waals surface area (Å²) in [5, 5.41) is 3.59. The summed E-state index contributed by atoms with van der Waals surface area (Å²) in [6.07, 6.45) is 8.68. The molecule has 0 amide bonds. The fourth-order valence-corrected chi connectivity index (χ4v) is 3.23. The topological polar surface area (TPSA) is 28.4 Å². The van der Waals surface area contributed by atoms with Crippen molar-refractivity contribution in [2.45, 2.75) is 65.0 Å². The molecule has 1 aromatic rings. The number of nitrogens with one attached hydrogen (secondary N) is 1. The minimum absolute atomic E-state index is 0.301. The second-order valence-electron chi connectivity index (χ2n) is 6.85. The minimum Gasteiger partial charge on any atom is -0.468 e. The highest BCUT2D eigenvalue weighted by Gasteiger charge is 2.22. The van der Waals surface area contributed by atoms with Gasteiger partial charge in [-0.05, 0) is 50.8 Å². The number of nitrogens with zero attached hydrogens (tertiary/aromatic N) is 1. The van der Waals surface area contributed by atoms with E-state index in [1.54, 1.807) is 6.26 Å².